The van der Waals surface area contributed by atoms with Crippen LogP contribution in [0, 0.1) is 11.6 Å². The fourth-order valence-corrected chi connectivity index (χ4v) is 3.46. The minimum Gasteiger partial charge on any atom is -0.326 e. The predicted octanol–water partition coefficient (Wildman–Crippen LogP) is 2.99. The number of rotatable bonds is 4. The average molecular weight is 377 g/mol. The second kappa shape index (κ2) is 6.08. The van der Waals surface area contributed by atoms with E-state index in [4.69, 9.17) is 5.73 Å². The van der Waals surface area contributed by atoms with Crippen LogP contribution in [0.25, 0.3) is 0 Å². The van der Waals surface area contributed by atoms with Crippen LogP contribution >= 0.6 is 15.9 Å². The monoisotopic (exact) mass is 376 g/mol. The fourth-order valence-electron chi connectivity index (χ4n) is 1.67. The molecule has 0 aliphatic carbocycles. The van der Waals surface area contributed by atoms with E-state index in [-0.39, 0.29) is 16.7 Å². The Hall–Kier alpha value is -1.51. The second-order valence-electron chi connectivity index (χ2n) is 4.17. The predicted molar refractivity (Wildman–Crippen MR) is 79.2 cm³/mol. The highest BCUT2D eigenvalue weighted by atomic mass is 79.9. The Labute approximate surface area is 129 Å². The number of para-hydroxylation sites is 1. The quantitative estimate of drug-likeness (QED) is 0.861. The Morgan fingerprint density at radius 3 is 2.48 bits per heavy atom. The Morgan fingerprint density at radius 1 is 1.14 bits per heavy atom. The Kier molecular flexibility index (Phi) is 4.60. The van der Waals surface area contributed by atoms with Crippen molar-refractivity contribution in [3.05, 3.63) is 58.1 Å². The Bertz CT molecular complexity index is 761. The van der Waals surface area contributed by atoms with Gasteiger partial charge in [0.2, 0.25) is 0 Å². The first-order valence-electron chi connectivity index (χ1n) is 5.80. The molecule has 0 aliphatic rings. The summed E-state index contributed by atoms with van der Waals surface area (Å²) in [6.45, 7) is 0.0617. The van der Waals surface area contributed by atoms with Gasteiger partial charge in [-0.3, -0.25) is 4.72 Å². The zero-order valence-corrected chi connectivity index (χ0v) is 13.0. The molecule has 0 bridgehead atoms. The van der Waals surface area contributed by atoms with E-state index in [2.05, 4.69) is 15.9 Å². The van der Waals surface area contributed by atoms with Crippen LogP contribution in [0.15, 0.2) is 45.8 Å². The van der Waals surface area contributed by atoms with Crippen LogP contribution in [0.2, 0.25) is 0 Å². The summed E-state index contributed by atoms with van der Waals surface area (Å²) >= 11 is 3.04. The number of halogens is 3. The largest absolute Gasteiger partial charge is 0.326 e. The number of benzene rings is 2. The number of sulfonamides is 1. The van der Waals surface area contributed by atoms with E-state index in [1.54, 1.807) is 0 Å². The smallest absolute Gasteiger partial charge is 0.264 e. The van der Waals surface area contributed by atoms with Gasteiger partial charge in [-0.05, 0) is 45.8 Å². The molecule has 0 radical (unpaired) electrons. The van der Waals surface area contributed by atoms with Gasteiger partial charge in [0.25, 0.3) is 10.0 Å². The van der Waals surface area contributed by atoms with Crippen molar-refractivity contribution in [2.75, 3.05) is 4.72 Å². The Balaban J connectivity index is 2.48. The summed E-state index contributed by atoms with van der Waals surface area (Å²) in [6, 6.07) is 7.47. The maximum Gasteiger partial charge on any atom is 0.264 e. The molecule has 3 N–H and O–H groups in total. The summed E-state index contributed by atoms with van der Waals surface area (Å²) in [4.78, 5) is -0.583. The highest BCUT2D eigenvalue weighted by Crippen LogP contribution is 2.28. The van der Waals surface area contributed by atoms with E-state index < -0.39 is 26.6 Å². The second-order valence-corrected chi connectivity index (χ2v) is 6.68. The van der Waals surface area contributed by atoms with Crippen molar-refractivity contribution < 1.29 is 17.2 Å². The molecule has 2 aromatic rings. The third kappa shape index (κ3) is 3.39. The third-order valence-corrected chi connectivity index (χ3v) is 4.75. The molecule has 2 aromatic carbocycles. The van der Waals surface area contributed by atoms with Crippen molar-refractivity contribution in [2.24, 2.45) is 5.73 Å². The molecule has 0 atom stereocenters. The molecular formula is C13H11BrF2N2O2S. The number of anilines is 1. The molecule has 0 fully saturated rings. The lowest BCUT2D eigenvalue weighted by Gasteiger charge is -2.12. The van der Waals surface area contributed by atoms with E-state index in [0.717, 1.165) is 18.2 Å². The lowest BCUT2D eigenvalue weighted by Crippen LogP contribution is -2.16. The van der Waals surface area contributed by atoms with Crippen LogP contribution < -0.4 is 10.5 Å². The fraction of sp³-hybridized carbons (Fsp3) is 0.0769. The molecule has 0 spiro atoms. The maximum absolute atomic E-state index is 13.7. The van der Waals surface area contributed by atoms with Gasteiger partial charge in [0.15, 0.2) is 0 Å². The van der Waals surface area contributed by atoms with E-state index in [9.17, 15) is 17.2 Å². The molecule has 0 aromatic heterocycles. The first-order valence-corrected chi connectivity index (χ1v) is 8.08. The van der Waals surface area contributed by atoms with Gasteiger partial charge in [-0.15, -0.1) is 0 Å². The topological polar surface area (TPSA) is 72.2 Å². The highest BCUT2D eigenvalue weighted by molar-refractivity contribution is 9.10. The molecule has 2 rings (SSSR count). The van der Waals surface area contributed by atoms with E-state index in [0.29, 0.717) is 5.56 Å². The van der Waals surface area contributed by atoms with E-state index in [1.807, 2.05) is 4.72 Å². The summed E-state index contributed by atoms with van der Waals surface area (Å²) in [6.07, 6.45) is 0. The van der Waals surface area contributed by atoms with Crippen molar-refractivity contribution >= 4 is 31.6 Å². The Morgan fingerprint density at radius 2 is 1.86 bits per heavy atom. The summed E-state index contributed by atoms with van der Waals surface area (Å²) in [5.41, 5.74) is 5.57. The number of nitrogens with two attached hydrogens (primary N) is 1. The van der Waals surface area contributed by atoms with Crippen LogP contribution in [0.1, 0.15) is 5.56 Å². The molecule has 112 valence electrons. The zero-order valence-electron chi connectivity index (χ0n) is 10.6. The van der Waals surface area contributed by atoms with Crippen LogP contribution in [0.5, 0.6) is 0 Å². The lowest BCUT2D eigenvalue weighted by atomic mass is 10.2. The van der Waals surface area contributed by atoms with Gasteiger partial charge >= 0.3 is 0 Å². The molecular weight excluding hydrogens is 366 g/mol. The van der Waals surface area contributed by atoms with E-state index >= 15 is 0 Å². The number of hydrogen-bond donors (Lipinski definition) is 2. The first kappa shape index (κ1) is 15.9. The third-order valence-electron chi connectivity index (χ3n) is 2.72. The number of hydrogen-bond acceptors (Lipinski definition) is 3. The SMILES string of the molecule is NCc1ccc(F)c(S(=O)(=O)Nc2c(F)cccc2Br)c1. The van der Waals surface area contributed by atoms with Gasteiger partial charge in [0.1, 0.15) is 16.5 Å². The highest BCUT2D eigenvalue weighted by Gasteiger charge is 2.22. The molecule has 8 heteroatoms. The van der Waals surface area contributed by atoms with Gasteiger partial charge in [0.05, 0.1) is 5.69 Å². The standard InChI is InChI=1S/C13H11BrF2N2O2S/c14-9-2-1-3-11(16)13(9)18-21(19,20)12-6-8(7-17)4-5-10(12)15/h1-6,18H,7,17H2. The van der Waals surface area contributed by atoms with Crippen molar-refractivity contribution in [1.82, 2.24) is 0 Å². The molecule has 0 unspecified atom stereocenters. The number of nitrogens with one attached hydrogen (secondary N) is 1. The molecule has 0 saturated heterocycles. The normalized spacial score (nSPS) is 11.4. The van der Waals surface area contributed by atoms with Crippen LogP contribution in [-0.4, -0.2) is 8.42 Å². The summed E-state index contributed by atoms with van der Waals surface area (Å²) in [5, 5.41) is 0. The van der Waals surface area contributed by atoms with Crippen molar-refractivity contribution in [1.29, 1.82) is 0 Å². The lowest BCUT2D eigenvalue weighted by molar-refractivity contribution is 0.568. The van der Waals surface area contributed by atoms with Crippen LogP contribution in [-0.2, 0) is 16.6 Å². The van der Waals surface area contributed by atoms with Gasteiger partial charge in [-0.25, -0.2) is 17.2 Å². The van der Waals surface area contributed by atoms with Crippen LogP contribution in [0.3, 0.4) is 0 Å². The molecule has 0 saturated carbocycles. The zero-order chi connectivity index (χ0) is 15.6. The van der Waals surface area contributed by atoms with Gasteiger partial charge in [0, 0.05) is 11.0 Å². The van der Waals surface area contributed by atoms with Crippen LogP contribution in [0.4, 0.5) is 14.5 Å². The maximum atomic E-state index is 13.7. The molecule has 0 amide bonds. The van der Waals surface area contributed by atoms with Crippen molar-refractivity contribution in [2.45, 2.75) is 11.4 Å². The van der Waals surface area contributed by atoms with Crippen molar-refractivity contribution in [3.8, 4) is 0 Å². The molecule has 4 nitrogen and oxygen atoms in total. The molecule has 0 heterocycles. The molecule has 21 heavy (non-hydrogen) atoms. The first-order chi connectivity index (χ1) is 9.85. The van der Waals surface area contributed by atoms with Gasteiger partial charge in [-0.2, -0.15) is 0 Å². The minimum atomic E-state index is -4.27. The minimum absolute atomic E-state index is 0.0617. The van der Waals surface area contributed by atoms with E-state index in [1.165, 1.54) is 18.2 Å². The molecule has 0 aliphatic heterocycles. The summed E-state index contributed by atoms with van der Waals surface area (Å²) in [7, 11) is -4.27. The van der Waals surface area contributed by atoms with Gasteiger partial charge in [-0.1, -0.05) is 12.1 Å². The summed E-state index contributed by atoms with van der Waals surface area (Å²) in [5.74, 6) is -1.71. The average Bonchev–Trinajstić information content (AvgIpc) is 2.43. The van der Waals surface area contributed by atoms with Gasteiger partial charge < -0.3 is 5.73 Å². The summed E-state index contributed by atoms with van der Waals surface area (Å²) < 4.78 is 54.1. The van der Waals surface area contributed by atoms with Crippen molar-refractivity contribution in [3.63, 3.8) is 0 Å².